The molecular weight excluding hydrogens is 357 g/mol. The predicted octanol–water partition coefficient (Wildman–Crippen LogP) is 5.00. The zero-order chi connectivity index (χ0) is 17.2. The molecule has 0 saturated carbocycles. The van der Waals surface area contributed by atoms with Crippen LogP contribution in [0.15, 0.2) is 41.8 Å². The van der Waals surface area contributed by atoms with Gasteiger partial charge in [0.15, 0.2) is 0 Å². The van der Waals surface area contributed by atoms with Gasteiger partial charge in [-0.25, -0.2) is 4.39 Å². The fourth-order valence-corrected chi connectivity index (χ4v) is 5.09. The predicted molar refractivity (Wildman–Crippen MR) is 99.9 cm³/mol. The van der Waals surface area contributed by atoms with Crippen LogP contribution >= 0.6 is 22.7 Å². The third kappa shape index (κ3) is 3.61. The summed E-state index contributed by atoms with van der Waals surface area (Å²) < 4.78 is 19.8. The highest BCUT2D eigenvalue weighted by molar-refractivity contribution is 7.20. The highest BCUT2D eigenvalue weighted by Gasteiger charge is 2.28. The number of rotatable bonds is 4. The molecule has 1 aliphatic heterocycles. The smallest absolute Gasteiger partial charge is 0.261 e. The Labute approximate surface area is 153 Å². The molecule has 3 nitrogen and oxygen atoms in total. The van der Waals surface area contributed by atoms with E-state index in [9.17, 15) is 9.18 Å². The summed E-state index contributed by atoms with van der Waals surface area (Å²) in [7, 11) is 0. The van der Waals surface area contributed by atoms with E-state index in [1.807, 2.05) is 11.4 Å². The fourth-order valence-electron chi connectivity index (χ4n) is 3.28. The highest BCUT2D eigenvalue weighted by atomic mass is 32.1. The molecule has 3 aromatic rings. The van der Waals surface area contributed by atoms with Gasteiger partial charge in [0.25, 0.3) is 5.91 Å². The Balaban J connectivity index is 1.58. The van der Waals surface area contributed by atoms with Crippen molar-refractivity contribution >= 4 is 38.7 Å². The van der Waals surface area contributed by atoms with Crippen molar-refractivity contribution in [3.8, 4) is 0 Å². The topological polar surface area (TPSA) is 38.3 Å². The van der Waals surface area contributed by atoms with Gasteiger partial charge >= 0.3 is 0 Å². The van der Waals surface area contributed by atoms with Crippen molar-refractivity contribution in [2.24, 2.45) is 5.92 Å². The van der Waals surface area contributed by atoms with E-state index in [0.29, 0.717) is 10.8 Å². The molecule has 0 aliphatic carbocycles. The number of nitrogens with one attached hydrogen (secondary N) is 1. The Morgan fingerprint density at radius 3 is 2.84 bits per heavy atom. The van der Waals surface area contributed by atoms with Crippen LogP contribution in [0.2, 0.25) is 0 Å². The monoisotopic (exact) mass is 375 g/mol. The summed E-state index contributed by atoms with van der Waals surface area (Å²) in [5.74, 6) is 0.00518. The summed E-state index contributed by atoms with van der Waals surface area (Å²) in [4.78, 5) is 14.6. The van der Waals surface area contributed by atoms with Gasteiger partial charge in [0, 0.05) is 22.8 Å². The first-order valence-electron chi connectivity index (χ1n) is 8.32. The van der Waals surface area contributed by atoms with Crippen LogP contribution in [0.3, 0.4) is 0 Å². The van der Waals surface area contributed by atoms with Crippen LogP contribution in [0.1, 0.15) is 33.4 Å². The lowest BCUT2D eigenvalue weighted by Crippen LogP contribution is -2.35. The molecule has 3 heterocycles. The summed E-state index contributed by atoms with van der Waals surface area (Å²) in [5.41, 5.74) is 0. The van der Waals surface area contributed by atoms with Crippen molar-refractivity contribution < 1.29 is 13.9 Å². The Morgan fingerprint density at radius 1 is 1.24 bits per heavy atom. The summed E-state index contributed by atoms with van der Waals surface area (Å²) in [6.45, 7) is 1.48. The molecule has 1 amide bonds. The van der Waals surface area contributed by atoms with Crippen LogP contribution in [-0.2, 0) is 4.74 Å². The quantitative estimate of drug-likeness (QED) is 0.697. The molecule has 4 rings (SSSR count). The summed E-state index contributed by atoms with van der Waals surface area (Å²) in [6, 6.07) is 10.5. The second-order valence-electron chi connectivity index (χ2n) is 6.21. The first-order chi connectivity index (χ1) is 12.2. The molecule has 1 fully saturated rings. The standard InChI is InChI=1S/C19H18FNO2S2/c20-14-3-4-15-13(10-14)11-17(25-15)19(22)21-18(16-2-1-9-24-16)12-5-7-23-8-6-12/h1-4,9-12,18H,5-8H2,(H,21,22)/t18-/m1/s1. The Bertz CT molecular complexity index is 869. The van der Waals surface area contributed by atoms with E-state index in [-0.39, 0.29) is 17.8 Å². The Morgan fingerprint density at radius 2 is 2.08 bits per heavy atom. The molecule has 1 saturated heterocycles. The lowest BCUT2D eigenvalue weighted by Gasteiger charge is -2.30. The zero-order valence-electron chi connectivity index (χ0n) is 13.5. The number of fused-ring (bicyclic) bond motifs is 1. The van der Waals surface area contributed by atoms with E-state index in [2.05, 4.69) is 11.4 Å². The second kappa shape index (κ2) is 7.23. The molecule has 2 aromatic heterocycles. The number of ether oxygens (including phenoxy) is 1. The van der Waals surface area contributed by atoms with E-state index in [1.54, 1.807) is 23.5 Å². The lowest BCUT2D eigenvalue weighted by atomic mass is 9.90. The molecule has 0 unspecified atom stereocenters. The van der Waals surface area contributed by atoms with Gasteiger partial charge in [0.1, 0.15) is 5.82 Å². The molecule has 0 bridgehead atoms. The molecule has 25 heavy (non-hydrogen) atoms. The third-order valence-corrected chi connectivity index (χ3v) is 6.65. The minimum absolute atomic E-state index is 0.00153. The lowest BCUT2D eigenvalue weighted by molar-refractivity contribution is 0.0519. The number of amides is 1. The Hall–Kier alpha value is -1.76. The minimum Gasteiger partial charge on any atom is -0.381 e. The second-order valence-corrected chi connectivity index (χ2v) is 8.27. The molecule has 1 atom stereocenters. The highest BCUT2D eigenvalue weighted by Crippen LogP contribution is 2.34. The van der Waals surface area contributed by atoms with Crippen molar-refractivity contribution in [3.05, 3.63) is 57.3 Å². The van der Waals surface area contributed by atoms with Crippen LogP contribution in [0.4, 0.5) is 4.39 Å². The molecule has 0 radical (unpaired) electrons. The number of carbonyl (C=O) groups excluding carboxylic acids is 1. The maximum Gasteiger partial charge on any atom is 0.261 e. The first-order valence-corrected chi connectivity index (χ1v) is 10.0. The normalized spacial score (nSPS) is 16.8. The van der Waals surface area contributed by atoms with Gasteiger partial charge in [-0.05, 0) is 59.9 Å². The number of benzene rings is 1. The molecule has 130 valence electrons. The molecule has 1 N–H and O–H groups in total. The zero-order valence-corrected chi connectivity index (χ0v) is 15.2. The first kappa shape index (κ1) is 16.7. The number of carbonyl (C=O) groups is 1. The van der Waals surface area contributed by atoms with Gasteiger partial charge in [-0.1, -0.05) is 6.07 Å². The number of hydrogen-bond acceptors (Lipinski definition) is 4. The third-order valence-electron chi connectivity index (χ3n) is 4.58. The molecule has 1 aliphatic rings. The molecule has 1 aromatic carbocycles. The Kier molecular flexibility index (Phi) is 4.83. The van der Waals surface area contributed by atoms with Crippen molar-refractivity contribution in [1.29, 1.82) is 0 Å². The van der Waals surface area contributed by atoms with Gasteiger partial charge in [-0.2, -0.15) is 0 Å². The average Bonchev–Trinajstić information content (AvgIpc) is 3.29. The van der Waals surface area contributed by atoms with E-state index in [4.69, 9.17) is 4.74 Å². The van der Waals surface area contributed by atoms with Crippen molar-refractivity contribution in [1.82, 2.24) is 5.32 Å². The van der Waals surface area contributed by atoms with Crippen LogP contribution in [0.25, 0.3) is 10.1 Å². The van der Waals surface area contributed by atoms with Crippen molar-refractivity contribution in [2.45, 2.75) is 18.9 Å². The van der Waals surface area contributed by atoms with E-state index >= 15 is 0 Å². The fraction of sp³-hybridized carbons (Fsp3) is 0.316. The van der Waals surface area contributed by atoms with Crippen LogP contribution < -0.4 is 5.32 Å². The largest absolute Gasteiger partial charge is 0.381 e. The molecule has 0 spiro atoms. The van der Waals surface area contributed by atoms with E-state index in [0.717, 1.165) is 36.1 Å². The van der Waals surface area contributed by atoms with Gasteiger partial charge in [-0.15, -0.1) is 22.7 Å². The minimum atomic E-state index is -0.282. The van der Waals surface area contributed by atoms with Crippen molar-refractivity contribution in [3.63, 3.8) is 0 Å². The van der Waals surface area contributed by atoms with Gasteiger partial charge in [0.2, 0.25) is 0 Å². The molecule has 6 heteroatoms. The van der Waals surface area contributed by atoms with Gasteiger partial charge < -0.3 is 10.1 Å². The number of halogens is 1. The van der Waals surface area contributed by atoms with Gasteiger partial charge in [-0.3, -0.25) is 4.79 Å². The van der Waals surface area contributed by atoms with Crippen LogP contribution in [0, 0.1) is 11.7 Å². The van der Waals surface area contributed by atoms with Gasteiger partial charge in [0.05, 0.1) is 10.9 Å². The molecular formula is C19H18FNO2S2. The maximum atomic E-state index is 13.4. The van der Waals surface area contributed by atoms with Crippen LogP contribution in [-0.4, -0.2) is 19.1 Å². The van der Waals surface area contributed by atoms with E-state index in [1.165, 1.54) is 28.3 Å². The summed E-state index contributed by atoms with van der Waals surface area (Å²) >= 11 is 3.07. The average molecular weight is 375 g/mol. The van der Waals surface area contributed by atoms with Crippen molar-refractivity contribution in [2.75, 3.05) is 13.2 Å². The van der Waals surface area contributed by atoms with E-state index < -0.39 is 0 Å². The number of thiophene rings is 2. The summed E-state index contributed by atoms with van der Waals surface area (Å²) in [5, 5.41) is 6.02. The SMILES string of the molecule is O=C(N[C@@H](c1cccs1)C1CCOCC1)c1cc2cc(F)ccc2s1. The van der Waals surface area contributed by atoms with Crippen LogP contribution in [0.5, 0.6) is 0 Å². The maximum absolute atomic E-state index is 13.4. The summed E-state index contributed by atoms with van der Waals surface area (Å²) in [6.07, 6.45) is 1.89. The number of hydrogen-bond donors (Lipinski definition) is 1.